The van der Waals surface area contributed by atoms with Gasteiger partial charge in [-0.15, -0.1) is 13.2 Å². The number of rotatable bonds is 12. The lowest BCUT2D eigenvalue weighted by molar-refractivity contribution is -0.132. The number of hydrogen-bond donors (Lipinski definition) is 1. The molecule has 2 fully saturated rings. The molecule has 0 radical (unpaired) electrons. The van der Waals surface area contributed by atoms with E-state index in [-0.39, 0.29) is 46.7 Å². The summed E-state index contributed by atoms with van der Waals surface area (Å²) < 4.78 is 55.9. The van der Waals surface area contributed by atoms with Gasteiger partial charge in [0.05, 0.1) is 46.3 Å². The standard InChI is InChI=1S/C42H50ClFN4O7S/c1-7-20-42(21-13-24-46(25-22-42)40(51)55-41(3,4)5)39(50)45-35-28-47(27-32(35)30-14-9-10-15-34(30)44)38(49)31-26-29(18-19-33(31)43)56(52,53)48(23-8-2)36-16-11-12-17-37(36)54-6/h7-12,14-19,26,32,35H,1-2,13,20-25,27-28H2,3-6H3,(H,45,50)/t32-,35+,42?/m0/s1. The molecule has 1 N–H and O–H groups in total. The van der Waals surface area contributed by atoms with Crippen LogP contribution in [-0.2, 0) is 19.6 Å². The van der Waals surface area contributed by atoms with E-state index in [1.807, 2.05) is 0 Å². The molecule has 0 saturated carbocycles. The minimum absolute atomic E-state index is 0.00507. The highest BCUT2D eigenvalue weighted by Gasteiger charge is 2.45. The minimum Gasteiger partial charge on any atom is -0.495 e. The first kappa shape index (κ1) is 42.3. The van der Waals surface area contributed by atoms with Crippen LogP contribution in [0.5, 0.6) is 5.75 Å². The number of ether oxygens (including phenoxy) is 2. The van der Waals surface area contributed by atoms with E-state index in [0.29, 0.717) is 50.1 Å². The maximum Gasteiger partial charge on any atom is 0.410 e. The molecule has 300 valence electrons. The molecule has 11 nitrogen and oxygen atoms in total. The van der Waals surface area contributed by atoms with Crippen LogP contribution >= 0.6 is 11.6 Å². The Morgan fingerprint density at radius 2 is 1.71 bits per heavy atom. The molecule has 3 aromatic rings. The summed E-state index contributed by atoms with van der Waals surface area (Å²) in [6.07, 6.45) is 4.39. The highest BCUT2D eigenvalue weighted by Crippen LogP contribution is 2.39. The van der Waals surface area contributed by atoms with E-state index in [0.717, 1.165) is 4.31 Å². The van der Waals surface area contributed by atoms with Crippen LogP contribution in [0.3, 0.4) is 0 Å². The number of carbonyl (C=O) groups excluding carboxylic acids is 3. The lowest BCUT2D eigenvalue weighted by atomic mass is 9.76. The van der Waals surface area contributed by atoms with Crippen LogP contribution in [0.4, 0.5) is 14.9 Å². The number of methoxy groups -OCH3 is 1. The molecule has 3 atom stereocenters. The summed E-state index contributed by atoms with van der Waals surface area (Å²) in [5.41, 5.74) is -1.06. The molecule has 0 aromatic heterocycles. The number of nitrogens with one attached hydrogen (secondary N) is 1. The van der Waals surface area contributed by atoms with Crippen LogP contribution in [0.1, 0.15) is 68.3 Å². The third-order valence-corrected chi connectivity index (χ3v) is 12.4. The summed E-state index contributed by atoms with van der Waals surface area (Å²) in [6.45, 7) is 13.7. The summed E-state index contributed by atoms with van der Waals surface area (Å²) in [6, 6.07) is 16.1. The van der Waals surface area contributed by atoms with Gasteiger partial charge < -0.3 is 24.6 Å². The second-order valence-electron chi connectivity index (χ2n) is 15.2. The molecular formula is C42H50ClFN4O7S. The van der Waals surface area contributed by atoms with Crippen molar-refractivity contribution in [2.24, 2.45) is 5.41 Å². The Bertz CT molecular complexity index is 2070. The van der Waals surface area contributed by atoms with Gasteiger partial charge in [-0.25, -0.2) is 17.6 Å². The van der Waals surface area contributed by atoms with E-state index in [1.165, 1.54) is 42.4 Å². The van der Waals surface area contributed by atoms with Crippen LogP contribution in [0.15, 0.2) is 96.9 Å². The zero-order valence-corrected chi connectivity index (χ0v) is 33.9. The average molecular weight is 809 g/mol. The Morgan fingerprint density at radius 3 is 2.39 bits per heavy atom. The second kappa shape index (κ2) is 17.5. The van der Waals surface area contributed by atoms with Gasteiger partial charge in [-0.1, -0.05) is 54.1 Å². The molecule has 2 saturated heterocycles. The first-order valence-electron chi connectivity index (χ1n) is 18.5. The molecule has 5 rings (SSSR count). The van der Waals surface area contributed by atoms with Crippen LogP contribution in [-0.4, -0.2) is 87.6 Å². The molecule has 0 aliphatic carbocycles. The number of benzene rings is 3. The fourth-order valence-electron chi connectivity index (χ4n) is 7.44. The van der Waals surface area contributed by atoms with Crippen molar-refractivity contribution in [3.8, 4) is 5.75 Å². The first-order chi connectivity index (χ1) is 26.5. The van der Waals surface area contributed by atoms with Gasteiger partial charge in [-0.05, 0) is 88.4 Å². The summed E-state index contributed by atoms with van der Waals surface area (Å²) in [7, 11) is -2.83. The molecule has 0 bridgehead atoms. The summed E-state index contributed by atoms with van der Waals surface area (Å²) >= 11 is 6.60. The normalized spacial score (nSPS) is 20.1. The Kier molecular flexibility index (Phi) is 13.2. The van der Waals surface area contributed by atoms with Crippen molar-refractivity contribution >= 4 is 45.2 Å². The van der Waals surface area contributed by atoms with Crippen molar-refractivity contribution in [2.75, 3.05) is 44.1 Å². The molecule has 14 heteroatoms. The number of carbonyl (C=O) groups is 3. The SMILES string of the molecule is C=CCN(c1ccccc1OC)S(=O)(=O)c1ccc(Cl)c(C(=O)N2C[C@@H](NC(=O)C3(CC=C)CCCN(C(=O)OC(C)(C)C)CC3)[C@H](c3ccccc3F)C2)c1. The van der Waals surface area contributed by atoms with E-state index < -0.39 is 50.8 Å². The molecule has 3 aromatic carbocycles. The quantitative estimate of drug-likeness (QED) is 0.187. The molecule has 0 spiro atoms. The van der Waals surface area contributed by atoms with Crippen molar-refractivity contribution in [1.29, 1.82) is 0 Å². The van der Waals surface area contributed by atoms with Crippen molar-refractivity contribution in [3.05, 3.63) is 114 Å². The number of anilines is 1. The highest BCUT2D eigenvalue weighted by atomic mass is 35.5. The first-order valence-corrected chi connectivity index (χ1v) is 20.4. The van der Waals surface area contributed by atoms with Gasteiger partial charge in [-0.3, -0.25) is 13.9 Å². The molecule has 56 heavy (non-hydrogen) atoms. The van der Waals surface area contributed by atoms with Crippen molar-refractivity contribution in [1.82, 2.24) is 15.1 Å². The van der Waals surface area contributed by atoms with Gasteiger partial charge in [0.1, 0.15) is 17.2 Å². The number of amides is 3. The molecule has 3 amide bonds. The summed E-state index contributed by atoms with van der Waals surface area (Å²) in [4.78, 5) is 44.6. The Hall–Kier alpha value is -4.88. The number of likely N-dealkylation sites (tertiary alicyclic amines) is 2. The zero-order valence-electron chi connectivity index (χ0n) is 32.3. The van der Waals surface area contributed by atoms with E-state index >= 15 is 4.39 Å². The van der Waals surface area contributed by atoms with Crippen LogP contribution in [0.2, 0.25) is 5.02 Å². The van der Waals surface area contributed by atoms with Crippen molar-refractivity contribution in [2.45, 2.75) is 68.9 Å². The maximum atomic E-state index is 15.4. The maximum absolute atomic E-state index is 15.4. The lowest BCUT2D eigenvalue weighted by Crippen LogP contribution is -2.48. The van der Waals surface area contributed by atoms with Gasteiger partial charge in [0.15, 0.2) is 0 Å². The Labute approximate surface area is 334 Å². The van der Waals surface area contributed by atoms with E-state index in [4.69, 9.17) is 21.1 Å². The lowest BCUT2D eigenvalue weighted by Gasteiger charge is -2.33. The smallest absolute Gasteiger partial charge is 0.410 e. The third-order valence-electron chi connectivity index (χ3n) is 10.2. The van der Waals surface area contributed by atoms with Gasteiger partial charge in [-0.2, -0.15) is 0 Å². The molecule has 2 heterocycles. The monoisotopic (exact) mass is 808 g/mol. The van der Waals surface area contributed by atoms with E-state index in [1.54, 1.807) is 74.2 Å². The second-order valence-corrected chi connectivity index (χ2v) is 17.4. The number of halogens is 2. The van der Waals surface area contributed by atoms with Crippen LogP contribution in [0, 0.1) is 11.2 Å². The van der Waals surface area contributed by atoms with Crippen LogP contribution < -0.4 is 14.4 Å². The predicted octanol–water partition coefficient (Wildman–Crippen LogP) is 7.58. The topological polar surface area (TPSA) is 126 Å². The van der Waals surface area contributed by atoms with Crippen LogP contribution in [0.25, 0.3) is 0 Å². The zero-order chi connectivity index (χ0) is 40.8. The predicted molar refractivity (Wildman–Crippen MR) is 215 cm³/mol. The van der Waals surface area contributed by atoms with Crippen molar-refractivity contribution in [3.63, 3.8) is 0 Å². The molecular weight excluding hydrogens is 759 g/mol. The molecule has 2 aliphatic rings. The number of sulfonamides is 1. The van der Waals surface area contributed by atoms with Crippen molar-refractivity contribution < 1.29 is 36.7 Å². The van der Waals surface area contributed by atoms with Gasteiger partial charge in [0.2, 0.25) is 5.91 Å². The van der Waals surface area contributed by atoms with Gasteiger partial charge >= 0.3 is 6.09 Å². The average Bonchev–Trinajstić information content (AvgIpc) is 3.44. The van der Waals surface area contributed by atoms with E-state index in [2.05, 4.69) is 18.5 Å². The van der Waals surface area contributed by atoms with Gasteiger partial charge in [0.25, 0.3) is 15.9 Å². The Balaban J connectivity index is 1.44. The number of para-hydroxylation sites is 2. The largest absolute Gasteiger partial charge is 0.495 e. The number of hydrogen-bond acceptors (Lipinski definition) is 7. The minimum atomic E-state index is -4.27. The fourth-order valence-corrected chi connectivity index (χ4v) is 9.11. The molecule has 2 aliphatic heterocycles. The summed E-state index contributed by atoms with van der Waals surface area (Å²) in [5.74, 6) is -1.67. The number of allylic oxidation sites excluding steroid dienone is 1. The fraction of sp³-hybridized carbons (Fsp3) is 0.405. The molecule has 1 unspecified atom stereocenters. The Morgan fingerprint density at radius 1 is 1.00 bits per heavy atom. The summed E-state index contributed by atoms with van der Waals surface area (Å²) in [5, 5.41) is 3.19. The number of nitrogens with zero attached hydrogens (tertiary/aromatic N) is 3. The van der Waals surface area contributed by atoms with E-state index in [9.17, 15) is 22.8 Å². The highest BCUT2D eigenvalue weighted by molar-refractivity contribution is 7.92. The third kappa shape index (κ3) is 9.21. The van der Waals surface area contributed by atoms with Gasteiger partial charge in [0, 0.05) is 32.1 Å².